The van der Waals surface area contributed by atoms with Gasteiger partial charge in [-0.05, 0) is 25.1 Å². The molecular formula is C19H14Cl3N5O. The summed E-state index contributed by atoms with van der Waals surface area (Å²) in [5.74, 6) is 0.264. The molecule has 0 bridgehead atoms. The highest BCUT2D eigenvalue weighted by Gasteiger charge is 2.35. The summed E-state index contributed by atoms with van der Waals surface area (Å²) in [7, 11) is 0. The molecule has 0 fully saturated rings. The molecule has 1 aliphatic heterocycles. The van der Waals surface area contributed by atoms with Crippen molar-refractivity contribution >= 4 is 46.7 Å². The second-order valence-corrected chi connectivity index (χ2v) is 7.45. The Morgan fingerprint density at radius 2 is 1.82 bits per heavy atom. The lowest BCUT2D eigenvalue weighted by atomic mass is 9.95. The van der Waals surface area contributed by atoms with Gasteiger partial charge in [0.05, 0.1) is 20.6 Å². The van der Waals surface area contributed by atoms with Crippen molar-refractivity contribution < 1.29 is 4.79 Å². The summed E-state index contributed by atoms with van der Waals surface area (Å²) in [5, 5.41) is 8.88. The van der Waals surface area contributed by atoms with Gasteiger partial charge in [-0.15, -0.1) is 5.10 Å². The fourth-order valence-electron chi connectivity index (χ4n) is 3.25. The Bertz CT molecular complexity index is 1140. The van der Waals surface area contributed by atoms with Crippen LogP contribution in [-0.2, 0) is 4.79 Å². The van der Waals surface area contributed by atoms with Crippen LogP contribution in [0.1, 0.15) is 18.5 Å². The Labute approximate surface area is 175 Å². The maximum absolute atomic E-state index is 12.3. The summed E-state index contributed by atoms with van der Waals surface area (Å²) < 4.78 is 1.57. The molecule has 1 atom stereocenters. The van der Waals surface area contributed by atoms with Crippen LogP contribution in [0.3, 0.4) is 0 Å². The first-order valence-electron chi connectivity index (χ1n) is 8.31. The first-order valence-corrected chi connectivity index (χ1v) is 9.44. The fourth-order valence-corrected chi connectivity index (χ4v) is 3.88. The topological polar surface area (TPSA) is 85.8 Å². The van der Waals surface area contributed by atoms with Crippen LogP contribution in [0.5, 0.6) is 0 Å². The average molecular weight is 435 g/mol. The smallest absolute Gasteiger partial charge is 0.248 e. The van der Waals surface area contributed by atoms with E-state index in [1.54, 1.807) is 35.9 Å². The minimum absolute atomic E-state index is 0.323. The van der Waals surface area contributed by atoms with Crippen LogP contribution in [0, 0.1) is 0 Å². The van der Waals surface area contributed by atoms with E-state index >= 15 is 0 Å². The van der Waals surface area contributed by atoms with Gasteiger partial charge in [0, 0.05) is 16.8 Å². The number of allylic oxidation sites excluding steroid dienone is 1. The SMILES string of the molecule is CC1=C(C(N)=O)C(c2cccc(Cl)c2Cl)n2nc(-c3ccccc3Cl)nc2N1. The van der Waals surface area contributed by atoms with Crippen molar-refractivity contribution in [2.24, 2.45) is 5.73 Å². The van der Waals surface area contributed by atoms with Crippen molar-refractivity contribution in [3.8, 4) is 11.4 Å². The number of hydrogen-bond donors (Lipinski definition) is 2. The van der Waals surface area contributed by atoms with Crippen molar-refractivity contribution in [2.45, 2.75) is 13.0 Å². The summed E-state index contributed by atoms with van der Waals surface area (Å²) in [5.41, 5.74) is 7.84. The molecule has 1 unspecified atom stereocenters. The summed E-state index contributed by atoms with van der Waals surface area (Å²) in [6.45, 7) is 1.75. The highest BCUT2D eigenvalue weighted by atomic mass is 35.5. The monoisotopic (exact) mass is 433 g/mol. The van der Waals surface area contributed by atoms with Gasteiger partial charge in [0.2, 0.25) is 11.9 Å². The molecule has 1 aromatic heterocycles. The zero-order valence-electron chi connectivity index (χ0n) is 14.6. The number of halogens is 3. The number of amides is 1. The average Bonchev–Trinajstić information content (AvgIpc) is 3.06. The van der Waals surface area contributed by atoms with E-state index in [1.807, 2.05) is 18.2 Å². The number of nitrogens with two attached hydrogens (primary N) is 1. The van der Waals surface area contributed by atoms with Crippen LogP contribution in [0.4, 0.5) is 5.95 Å². The third-order valence-electron chi connectivity index (χ3n) is 4.51. The van der Waals surface area contributed by atoms with Gasteiger partial charge in [0.1, 0.15) is 6.04 Å². The van der Waals surface area contributed by atoms with Crippen molar-refractivity contribution in [3.63, 3.8) is 0 Å². The molecule has 28 heavy (non-hydrogen) atoms. The van der Waals surface area contributed by atoms with E-state index < -0.39 is 11.9 Å². The number of aromatic nitrogens is 3. The van der Waals surface area contributed by atoms with Crippen LogP contribution < -0.4 is 11.1 Å². The number of nitrogens with zero attached hydrogens (tertiary/aromatic N) is 3. The van der Waals surface area contributed by atoms with E-state index in [9.17, 15) is 4.79 Å². The molecule has 1 aliphatic rings. The van der Waals surface area contributed by atoms with Gasteiger partial charge in [-0.1, -0.05) is 59.1 Å². The van der Waals surface area contributed by atoms with Crippen molar-refractivity contribution in [1.29, 1.82) is 0 Å². The van der Waals surface area contributed by atoms with Crippen LogP contribution in [-0.4, -0.2) is 20.7 Å². The largest absolute Gasteiger partial charge is 0.366 e. The number of rotatable bonds is 3. The maximum Gasteiger partial charge on any atom is 0.248 e. The Hall–Kier alpha value is -2.54. The molecule has 0 aliphatic carbocycles. The predicted octanol–water partition coefficient (Wildman–Crippen LogP) is 4.68. The van der Waals surface area contributed by atoms with E-state index in [4.69, 9.17) is 40.5 Å². The molecule has 9 heteroatoms. The first-order chi connectivity index (χ1) is 13.4. The first kappa shape index (κ1) is 18.8. The van der Waals surface area contributed by atoms with E-state index in [0.29, 0.717) is 49.2 Å². The Kier molecular flexibility index (Phi) is 4.79. The minimum atomic E-state index is -0.677. The molecule has 2 heterocycles. The van der Waals surface area contributed by atoms with E-state index in [0.717, 1.165) is 0 Å². The van der Waals surface area contributed by atoms with Crippen LogP contribution >= 0.6 is 34.8 Å². The molecule has 142 valence electrons. The Morgan fingerprint density at radius 3 is 2.54 bits per heavy atom. The lowest BCUT2D eigenvalue weighted by molar-refractivity contribution is -0.115. The Morgan fingerprint density at radius 1 is 1.11 bits per heavy atom. The normalized spacial score (nSPS) is 15.9. The highest BCUT2D eigenvalue weighted by Crippen LogP contribution is 2.41. The van der Waals surface area contributed by atoms with Gasteiger partial charge in [-0.25, -0.2) is 4.68 Å². The number of anilines is 1. The van der Waals surface area contributed by atoms with Crippen molar-refractivity contribution in [2.75, 3.05) is 5.32 Å². The number of primary amides is 1. The predicted molar refractivity (Wildman–Crippen MR) is 111 cm³/mol. The van der Waals surface area contributed by atoms with Gasteiger partial charge in [0.25, 0.3) is 0 Å². The summed E-state index contributed by atoms with van der Waals surface area (Å²) in [4.78, 5) is 16.8. The molecule has 0 radical (unpaired) electrons. The molecular weight excluding hydrogens is 421 g/mol. The number of carbonyl (C=O) groups excluding carboxylic acids is 1. The lowest BCUT2D eigenvalue weighted by Gasteiger charge is -2.28. The van der Waals surface area contributed by atoms with E-state index in [2.05, 4.69) is 15.4 Å². The van der Waals surface area contributed by atoms with Gasteiger partial charge in [-0.3, -0.25) is 4.79 Å². The lowest BCUT2D eigenvalue weighted by Crippen LogP contribution is -2.32. The molecule has 4 rings (SSSR count). The molecule has 6 nitrogen and oxygen atoms in total. The van der Waals surface area contributed by atoms with Crippen LogP contribution in [0.25, 0.3) is 11.4 Å². The molecule has 3 N–H and O–H groups in total. The highest BCUT2D eigenvalue weighted by molar-refractivity contribution is 6.42. The third-order valence-corrected chi connectivity index (χ3v) is 5.67. The molecule has 3 aromatic rings. The third kappa shape index (κ3) is 3.03. The summed E-state index contributed by atoms with van der Waals surface area (Å²) >= 11 is 19.0. The van der Waals surface area contributed by atoms with Gasteiger partial charge in [0.15, 0.2) is 5.82 Å². The number of fused-ring (bicyclic) bond motifs is 1. The zero-order chi connectivity index (χ0) is 20.0. The van der Waals surface area contributed by atoms with Gasteiger partial charge < -0.3 is 11.1 Å². The van der Waals surface area contributed by atoms with Gasteiger partial charge >= 0.3 is 0 Å². The minimum Gasteiger partial charge on any atom is -0.366 e. The number of nitrogens with one attached hydrogen (secondary N) is 1. The molecule has 2 aromatic carbocycles. The van der Waals surface area contributed by atoms with E-state index in [-0.39, 0.29) is 0 Å². The standard InChI is InChI=1S/C19H14Cl3N5O/c1-9-14(17(23)28)16(11-6-4-8-13(21)15(11)22)27-19(24-9)25-18(26-27)10-5-2-3-7-12(10)20/h2-8,16H,1H3,(H2,23,28)(H,24,25,26). The zero-order valence-corrected chi connectivity index (χ0v) is 16.8. The van der Waals surface area contributed by atoms with Crippen molar-refractivity contribution in [3.05, 3.63) is 74.4 Å². The molecule has 0 saturated heterocycles. The molecule has 1 amide bonds. The number of carbonyl (C=O) groups is 1. The van der Waals surface area contributed by atoms with Crippen LogP contribution in [0.2, 0.25) is 15.1 Å². The number of benzene rings is 2. The summed E-state index contributed by atoms with van der Waals surface area (Å²) in [6.07, 6.45) is 0. The quantitative estimate of drug-likeness (QED) is 0.627. The second-order valence-electron chi connectivity index (χ2n) is 6.26. The van der Waals surface area contributed by atoms with Crippen molar-refractivity contribution in [1.82, 2.24) is 14.8 Å². The molecule has 0 spiro atoms. The fraction of sp³-hybridized carbons (Fsp3) is 0.105. The molecule has 0 saturated carbocycles. The summed E-state index contributed by atoms with van der Waals surface area (Å²) in [6, 6.07) is 11.8. The number of hydrogen-bond acceptors (Lipinski definition) is 4. The second kappa shape index (κ2) is 7.13. The van der Waals surface area contributed by atoms with Gasteiger partial charge in [-0.2, -0.15) is 4.98 Å². The maximum atomic E-state index is 12.3. The Balaban J connectivity index is 1.95. The van der Waals surface area contributed by atoms with E-state index in [1.165, 1.54) is 0 Å². The van der Waals surface area contributed by atoms with Crippen LogP contribution in [0.15, 0.2) is 53.7 Å².